The maximum absolute atomic E-state index is 17.2. The molecule has 8 atom stereocenters. The summed E-state index contributed by atoms with van der Waals surface area (Å²) in [5, 5.41) is 32.3. The minimum absolute atomic E-state index is 0.0454. The zero-order chi connectivity index (χ0) is 23.9. The van der Waals surface area contributed by atoms with Crippen LogP contribution in [0, 0.1) is 28.6 Å². The van der Waals surface area contributed by atoms with E-state index in [-0.39, 0.29) is 30.0 Å². The van der Waals surface area contributed by atoms with Crippen molar-refractivity contribution in [1.29, 1.82) is 0 Å². The molecule has 0 aromatic carbocycles. The summed E-state index contributed by atoms with van der Waals surface area (Å²) in [6.07, 6.45) is 3.75. The molecule has 0 heterocycles. The molecule has 3 N–H and O–H groups in total. The highest BCUT2D eigenvalue weighted by Crippen LogP contribution is 2.70. The summed E-state index contributed by atoms with van der Waals surface area (Å²) in [7, 11) is 0. The van der Waals surface area contributed by atoms with Gasteiger partial charge in [0.05, 0.1) is 11.5 Å². The van der Waals surface area contributed by atoms with Gasteiger partial charge in [-0.2, -0.15) is 0 Å². The van der Waals surface area contributed by atoms with Gasteiger partial charge in [0.1, 0.15) is 18.0 Å². The lowest BCUT2D eigenvalue weighted by atomic mass is 9.46. The first kappa shape index (κ1) is 23.0. The van der Waals surface area contributed by atoms with E-state index < -0.39 is 64.3 Å². The third kappa shape index (κ3) is 2.54. The molecule has 2 saturated carbocycles. The Morgan fingerprint density at radius 3 is 2.56 bits per heavy atom. The quantitative estimate of drug-likeness (QED) is 0.560. The van der Waals surface area contributed by atoms with Crippen LogP contribution in [0.2, 0.25) is 0 Å². The first-order valence-corrected chi connectivity index (χ1v) is 10.9. The van der Waals surface area contributed by atoms with Crippen molar-refractivity contribution in [3.05, 3.63) is 35.6 Å². The van der Waals surface area contributed by atoms with Gasteiger partial charge in [-0.3, -0.25) is 14.4 Å². The number of fused-ring (bicyclic) bond motifs is 5. The molecule has 0 aromatic rings. The van der Waals surface area contributed by atoms with E-state index in [4.69, 9.17) is 4.74 Å². The molecule has 0 aromatic heterocycles. The molecule has 32 heavy (non-hydrogen) atoms. The Bertz CT molecular complexity index is 998. The van der Waals surface area contributed by atoms with Gasteiger partial charge in [0, 0.05) is 23.8 Å². The Morgan fingerprint density at radius 2 is 1.97 bits per heavy atom. The first-order valence-electron chi connectivity index (χ1n) is 10.9. The van der Waals surface area contributed by atoms with E-state index in [1.165, 1.54) is 31.2 Å². The van der Waals surface area contributed by atoms with Gasteiger partial charge in [-0.25, -0.2) is 4.39 Å². The van der Waals surface area contributed by atoms with E-state index in [2.05, 4.69) is 0 Å². The van der Waals surface area contributed by atoms with Crippen LogP contribution in [0.1, 0.15) is 40.5 Å². The highest BCUT2D eigenvalue weighted by atomic mass is 19.1. The van der Waals surface area contributed by atoms with Gasteiger partial charge >= 0.3 is 5.97 Å². The highest BCUT2D eigenvalue weighted by Gasteiger charge is 2.75. The predicted octanol–water partition coefficient (Wildman–Crippen LogP) is 1.56. The summed E-state index contributed by atoms with van der Waals surface area (Å²) in [5.74, 6) is -3.95. The summed E-state index contributed by atoms with van der Waals surface area (Å²) in [6, 6.07) is 0. The molecule has 0 aliphatic heterocycles. The normalized spacial score (nSPS) is 47.1. The number of carbonyl (C=O) groups is 3. The van der Waals surface area contributed by atoms with E-state index >= 15 is 4.39 Å². The van der Waals surface area contributed by atoms with Crippen molar-refractivity contribution in [2.45, 2.75) is 57.9 Å². The van der Waals surface area contributed by atoms with Gasteiger partial charge in [0.2, 0.25) is 0 Å². The lowest BCUT2D eigenvalue weighted by Gasteiger charge is -2.61. The van der Waals surface area contributed by atoms with E-state index in [0.29, 0.717) is 0 Å². The lowest BCUT2D eigenvalue weighted by molar-refractivity contribution is -0.206. The van der Waals surface area contributed by atoms with Crippen molar-refractivity contribution in [3.8, 4) is 0 Å². The summed E-state index contributed by atoms with van der Waals surface area (Å²) in [5.41, 5.74) is -6.75. The monoisotopic (exact) mass is 448 g/mol. The molecule has 0 saturated heterocycles. The number of carbonyl (C=O) groups excluding carboxylic acids is 3. The summed E-state index contributed by atoms with van der Waals surface area (Å²) in [4.78, 5) is 36.6. The van der Waals surface area contributed by atoms with Gasteiger partial charge in [-0.05, 0) is 49.8 Å². The van der Waals surface area contributed by atoms with Gasteiger partial charge in [0.25, 0.3) is 0 Å². The molecule has 2 fully saturated rings. The molecule has 4 aliphatic rings. The zero-order valence-corrected chi connectivity index (χ0v) is 18.6. The molecule has 7 nitrogen and oxygen atoms in total. The summed E-state index contributed by atoms with van der Waals surface area (Å²) < 4.78 is 22.6. The number of allylic oxidation sites excluding steroid dienone is 5. The van der Waals surface area contributed by atoms with Crippen molar-refractivity contribution in [2.75, 3.05) is 6.61 Å². The molecule has 174 valence electrons. The molecule has 0 amide bonds. The topological polar surface area (TPSA) is 121 Å². The fourth-order valence-corrected chi connectivity index (χ4v) is 7.05. The Morgan fingerprint density at radius 1 is 1.31 bits per heavy atom. The van der Waals surface area contributed by atoms with Crippen molar-refractivity contribution in [2.24, 2.45) is 28.6 Å². The number of aliphatic hydroxyl groups excluding tert-OH is 2. The number of aliphatic hydroxyl groups is 3. The average Bonchev–Trinajstić information content (AvgIpc) is 2.92. The van der Waals surface area contributed by atoms with Gasteiger partial charge in [-0.15, -0.1) is 0 Å². The van der Waals surface area contributed by atoms with Crippen LogP contribution in [0.5, 0.6) is 0 Å². The second-order valence-corrected chi connectivity index (χ2v) is 10.1. The predicted molar refractivity (Wildman–Crippen MR) is 111 cm³/mol. The molecule has 0 radical (unpaired) electrons. The minimum atomic E-state index is -2.28. The third-order valence-corrected chi connectivity index (χ3v) is 8.67. The number of alkyl halides is 1. The first-order chi connectivity index (χ1) is 14.8. The smallest absolute Gasteiger partial charge is 0.308 e. The van der Waals surface area contributed by atoms with Crippen LogP contribution in [-0.4, -0.2) is 56.8 Å². The van der Waals surface area contributed by atoms with E-state index in [1.54, 1.807) is 20.8 Å². The van der Waals surface area contributed by atoms with Crippen molar-refractivity contribution >= 4 is 17.5 Å². The number of ether oxygens (including phenoxy) is 1. The summed E-state index contributed by atoms with van der Waals surface area (Å²) in [6.45, 7) is 5.21. The molecule has 0 spiro atoms. The number of hydrogen-bond acceptors (Lipinski definition) is 7. The fourth-order valence-electron chi connectivity index (χ4n) is 7.05. The highest BCUT2D eigenvalue weighted by molar-refractivity contribution is 6.02. The maximum atomic E-state index is 17.2. The second-order valence-electron chi connectivity index (χ2n) is 10.1. The van der Waals surface area contributed by atoms with E-state index in [1.807, 2.05) is 0 Å². The Balaban J connectivity index is 1.96. The van der Waals surface area contributed by atoms with Crippen LogP contribution in [0.3, 0.4) is 0 Å². The molecular formula is C24H29FO7. The molecule has 4 aliphatic carbocycles. The van der Waals surface area contributed by atoms with Crippen molar-refractivity contribution < 1.29 is 38.8 Å². The number of halogens is 1. The summed E-state index contributed by atoms with van der Waals surface area (Å²) >= 11 is 0. The van der Waals surface area contributed by atoms with Crippen LogP contribution in [0.15, 0.2) is 35.6 Å². The fraction of sp³-hybridized carbons (Fsp3) is 0.625. The van der Waals surface area contributed by atoms with Crippen LogP contribution in [-0.2, 0) is 19.1 Å². The molecule has 8 heteroatoms. The second kappa shape index (κ2) is 6.92. The van der Waals surface area contributed by atoms with Gasteiger partial charge < -0.3 is 20.1 Å². The van der Waals surface area contributed by atoms with Crippen LogP contribution in [0.25, 0.3) is 0 Å². The number of hydrogen-bond donors (Lipinski definition) is 3. The van der Waals surface area contributed by atoms with Crippen molar-refractivity contribution in [1.82, 2.24) is 0 Å². The Labute approximate surface area is 185 Å². The van der Waals surface area contributed by atoms with E-state index in [9.17, 15) is 29.7 Å². The van der Waals surface area contributed by atoms with E-state index in [0.717, 1.165) is 0 Å². The minimum Gasteiger partial charge on any atom is -0.427 e. The van der Waals surface area contributed by atoms with Crippen LogP contribution in [0.4, 0.5) is 4.39 Å². The largest absolute Gasteiger partial charge is 0.427 e. The molecule has 0 unspecified atom stereocenters. The zero-order valence-electron chi connectivity index (χ0n) is 18.6. The number of esters is 1. The Kier molecular flexibility index (Phi) is 4.98. The molecular weight excluding hydrogens is 419 g/mol. The Hall–Kier alpha value is -2.16. The SMILES string of the molecule is CC(=O)OC1=C[C@H]2[C@@H]3C[C@H](C)[C@](O)(C(=O)CO)[C@@]3(C)C[C@H](O)[C@]2(F)[C@@]2(C)C=CC(=O)C=C12. The average molecular weight is 448 g/mol. The lowest BCUT2D eigenvalue weighted by Crippen LogP contribution is -2.69. The maximum Gasteiger partial charge on any atom is 0.308 e. The number of Topliss-reactive ketones (excluding diaryl/α,β-unsaturated/α-hetero) is 1. The number of rotatable bonds is 3. The van der Waals surface area contributed by atoms with Crippen LogP contribution >= 0.6 is 0 Å². The van der Waals surface area contributed by atoms with Gasteiger partial charge in [0.15, 0.2) is 17.2 Å². The number of ketones is 2. The molecule has 4 rings (SSSR count). The van der Waals surface area contributed by atoms with Crippen LogP contribution < -0.4 is 0 Å². The molecule has 0 bridgehead atoms. The van der Waals surface area contributed by atoms with Crippen molar-refractivity contribution in [3.63, 3.8) is 0 Å². The third-order valence-electron chi connectivity index (χ3n) is 8.67. The standard InChI is InChI=1S/C24H29FO7/c1-12-7-15-16-9-18(32-13(2)27)17-8-14(28)5-6-21(17,3)23(16,25)19(29)10-22(15,4)24(12,31)20(30)11-26/h5-6,8-9,12,15-16,19,26,29,31H,7,10-11H2,1-4H3/t12-,15-,16-,19-,21-,22-,23-,24-/m0/s1. The van der Waals surface area contributed by atoms with Gasteiger partial charge in [-0.1, -0.05) is 19.9 Å².